The lowest BCUT2D eigenvalue weighted by atomic mass is 10.00. The van der Waals surface area contributed by atoms with Crippen molar-refractivity contribution in [3.63, 3.8) is 0 Å². The van der Waals surface area contributed by atoms with Crippen molar-refractivity contribution < 1.29 is 9.47 Å². The van der Waals surface area contributed by atoms with Gasteiger partial charge in [-0.25, -0.2) is 0 Å². The zero-order valence-electron chi connectivity index (χ0n) is 14.3. The minimum absolute atomic E-state index is 0.618. The van der Waals surface area contributed by atoms with Gasteiger partial charge in [0.2, 0.25) is 0 Å². The van der Waals surface area contributed by atoms with Crippen molar-refractivity contribution in [2.75, 3.05) is 33.4 Å². The van der Waals surface area contributed by atoms with Crippen LogP contribution in [-0.4, -0.2) is 44.2 Å². The van der Waals surface area contributed by atoms with Crippen LogP contribution in [0, 0.1) is 5.92 Å². The molecule has 1 heterocycles. The third kappa shape index (κ3) is 6.10. The summed E-state index contributed by atoms with van der Waals surface area (Å²) in [6.45, 7) is 6.40. The molecule has 0 atom stereocenters. The molecule has 0 unspecified atom stereocenters. The second-order valence-electron chi connectivity index (χ2n) is 6.16. The maximum Gasteiger partial charge on any atom is 0.191 e. The highest BCUT2D eigenvalue weighted by Gasteiger charge is 2.16. The van der Waals surface area contributed by atoms with Crippen molar-refractivity contribution >= 4 is 5.96 Å². The number of hydrogen-bond donors (Lipinski definition) is 1. The van der Waals surface area contributed by atoms with Gasteiger partial charge in [-0.15, -0.1) is 0 Å². The quantitative estimate of drug-likeness (QED) is 0.477. The largest absolute Gasteiger partial charge is 0.497 e. The number of guanidine groups is 1. The van der Waals surface area contributed by atoms with E-state index in [-0.39, 0.29) is 0 Å². The Hall–Kier alpha value is -1.75. The fourth-order valence-electron chi connectivity index (χ4n) is 2.61. The highest BCUT2D eigenvalue weighted by atomic mass is 16.5. The molecule has 0 spiro atoms. The number of benzene rings is 1. The lowest BCUT2D eigenvalue weighted by Gasteiger charge is -2.31. The highest BCUT2D eigenvalue weighted by molar-refractivity contribution is 5.78. The van der Waals surface area contributed by atoms with E-state index in [1.807, 2.05) is 24.3 Å². The van der Waals surface area contributed by atoms with Gasteiger partial charge in [-0.1, -0.05) is 19.1 Å². The summed E-state index contributed by atoms with van der Waals surface area (Å²) in [6.07, 6.45) is 3.31. The van der Waals surface area contributed by atoms with Gasteiger partial charge < -0.3 is 20.1 Å². The molecule has 0 radical (unpaired) electrons. The van der Waals surface area contributed by atoms with Gasteiger partial charge in [-0.05, 0) is 42.9 Å². The Balaban J connectivity index is 1.58. The van der Waals surface area contributed by atoms with Gasteiger partial charge in [-0.3, -0.25) is 4.99 Å². The fraction of sp³-hybridized carbons (Fsp3) is 0.611. The molecule has 0 aromatic heterocycles. The molecule has 1 aliphatic rings. The third-order valence-electron chi connectivity index (χ3n) is 4.26. The zero-order valence-corrected chi connectivity index (χ0v) is 14.3. The molecule has 1 aromatic carbocycles. The standard InChI is InChI=1S/C18H29N3O2/c1-15-8-11-21(12-9-15)18(19)20-10-3-13-23-14-16-4-6-17(22-2)7-5-16/h4-7,15H,3,8-14H2,1-2H3,(H2,19,20). The normalized spacial score (nSPS) is 16.6. The number of rotatable bonds is 7. The van der Waals surface area contributed by atoms with E-state index in [4.69, 9.17) is 15.2 Å². The number of methoxy groups -OCH3 is 1. The zero-order chi connectivity index (χ0) is 16.5. The molecule has 0 amide bonds. The van der Waals surface area contributed by atoms with Gasteiger partial charge in [0.25, 0.3) is 0 Å². The summed E-state index contributed by atoms with van der Waals surface area (Å²) in [5.74, 6) is 2.36. The van der Waals surface area contributed by atoms with Crippen molar-refractivity contribution in [3.05, 3.63) is 29.8 Å². The van der Waals surface area contributed by atoms with Crippen LogP contribution in [-0.2, 0) is 11.3 Å². The SMILES string of the molecule is COc1ccc(COCCCN=C(N)N2CCC(C)CC2)cc1. The van der Waals surface area contributed by atoms with Crippen LogP contribution >= 0.6 is 0 Å². The van der Waals surface area contributed by atoms with Crippen molar-refractivity contribution in [1.82, 2.24) is 4.90 Å². The second kappa shape index (κ2) is 9.40. The summed E-state index contributed by atoms with van der Waals surface area (Å²) in [5, 5.41) is 0. The molecular formula is C18H29N3O2. The molecule has 2 N–H and O–H groups in total. The molecular weight excluding hydrogens is 290 g/mol. The van der Waals surface area contributed by atoms with Crippen molar-refractivity contribution in [3.8, 4) is 5.75 Å². The summed E-state index contributed by atoms with van der Waals surface area (Å²) < 4.78 is 10.8. The summed E-state index contributed by atoms with van der Waals surface area (Å²) in [7, 11) is 1.67. The number of nitrogens with two attached hydrogens (primary N) is 1. The van der Waals surface area contributed by atoms with Crippen LogP contribution in [0.3, 0.4) is 0 Å². The molecule has 1 aliphatic heterocycles. The van der Waals surface area contributed by atoms with Gasteiger partial charge in [-0.2, -0.15) is 0 Å². The first-order valence-corrected chi connectivity index (χ1v) is 8.44. The van der Waals surface area contributed by atoms with Crippen LogP contribution in [0.1, 0.15) is 31.7 Å². The molecule has 0 saturated carbocycles. The second-order valence-corrected chi connectivity index (χ2v) is 6.16. The number of piperidine rings is 1. The molecule has 23 heavy (non-hydrogen) atoms. The molecule has 1 fully saturated rings. The average molecular weight is 319 g/mol. The van der Waals surface area contributed by atoms with Crippen LogP contribution in [0.15, 0.2) is 29.3 Å². The van der Waals surface area contributed by atoms with Gasteiger partial charge in [0, 0.05) is 26.2 Å². The van der Waals surface area contributed by atoms with Crippen LogP contribution in [0.4, 0.5) is 0 Å². The third-order valence-corrected chi connectivity index (χ3v) is 4.26. The van der Waals surface area contributed by atoms with Crippen molar-refractivity contribution in [1.29, 1.82) is 0 Å². The van der Waals surface area contributed by atoms with Gasteiger partial charge >= 0.3 is 0 Å². The fourth-order valence-corrected chi connectivity index (χ4v) is 2.61. The van der Waals surface area contributed by atoms with Crippen molar-refractivity contribution in [2.24, 2.45) is 16.6 Å². The predicted octanol–water partition coefficient (Wildman–Crippen LogP) is 2.65. The number of likely N-dealkylation sites (tertiary alicyclic amines) is 1. The lowest BCUT2D eigenvalue weighted by molar-refractivity contribution is 0.120. The van der Waals surface area contributed by atoms with Gasteiger partial charge in [0.05, 0.1) is 13.7 Å². The summed E-state index contributed by atoms with van der Waals surface area (Å²) >= 11 is 0. The number of ether oxygens (including phenoxy) is 2. The van der Waals surface area contributed by atoms with E-state index in [0.717, 1.165) is 43.3 Å². The van der Waals surface area contributed by atoms with E-state index in [1.165, 1.54) is 12.8 Å². The maximum atomic E-state index is 6.05. The average Bonchev–Trinajstić information content (AvgIpc) is 2.59. The molecule has 128 valence electrons. The smallest absolute Gasteiger partial charge is 0.191 e. The first-order valence-electron chi connectivity index (χ1n) is 8.44. The van der Waals surface area contributed by atoms with Crippen LogP contribution < -0.4 is 10.5 Å². The van der Waals surface area contributed by atoms with Crippen LogP contribution in [0.25, 0.3) is 0 Å². The van der Waals surface area contributed by atoms with E-state index in [9.17, 15) is 0 Å². The maximum absolute atomic E-state index is 6.05. The molecule has 2 rings (SSSR count). The highest BCUT2D eigenvalue weighted by Crippen LogP contribution is 2.15. The number of nitrogens with zero attached hydrogens (tertiary/aromatic N) is 2. The van der Waals surface area contributed by atoms with E-state index in [2.05, 4.69) is 16.8 Å². The minimum Gasteiger partial charge on any atom is -0.497 e. The van der Waals surface area contributed by atoms with E-state index in [1.54, 1.807) is 7.11 Å². The van der Waals surface area contributed by atoms with E-state index < -0.39 is 0 Å². The number of aliphatic imine (C=N–C) groups is 1. The summed E-state index contributed by atoms with van der Waals surface area (Å²) in [5.41, 5.74) is 7.20. The van der Waals surface area contributed by atoms with Gasteiger partial charge in [0.15, 0.2) is 5.96 Å². The Bertz CT molecular complexity index is 480. The van der Waals surface area contributed by atoms with Crippen molar-refractivity contribution in [2.45, 2.75) is 32.8 Å². The first-order chi connectivity index (χ1) is 11.2. The van der Waals surface area contributed by atoms with E-state index >= 15 is 0 Å². The molecule has 0 aliphatic carbocycles. The molecule has 1 saturated heterocycles. The first kappa shape index (κ1) is 17.6. The number of hydrogen-bond acceptors (Lipinski definition) is 3. The Kier molecular flexibility index (Phi) is 7.20. The Labute approximate surface area is 139 Å². The predicted molar refractivity (Wildman–Crippen MR) is 93.7 cm³/mol. The molecule has 0 bridgehead atoms. The van der Waals surface area contributed by atoms with E-state index in [0.29, 0.717) is 19.2 Å². The lowest BCUT2D eigenvalue weighted by Crippen LogP contribution is -2.42. The summed E-state index contributed by atoms with van der Waals surface area (Å²) in [6, 6.07) is 7.94. The Morgan fingerprint density at radius 3 is 2.61 bits per heavy atom. The topological polar surface area (TPSA) is 60.1 Å². The molecule has 5 heteroatoms. The minimum atomic E-state index is 0.618. The Morgan fingerprint density at radius 1 is 1.26 bits per heavy atom. The monoisotopic (exact) mass is 319 g/mol. The molecule has 5 nitrogen and oxygen atoms in total. The van der Waals surface area contributed by atoms with Crippen LogP contribution in [0.5, 0.6) is 5.75 Å². The molecule has 1 aromatic rings. The van der Waals surface area contributed by atoms with Gasteiger partial charge in [0.1, 0.15) is 5.75 Å². The van der Waals surface area contributed by atoms with Crippen LogP contribution in [0.2, 0.25) is 0 Å². The summed E-state index contributed by atoms with van der Waals surface area (Å²) in [4.78, 5) is 6.66. The Morgan fingerprint density at radius 2 is 1.96 bits per heavy atom.